The standard InChI is InChI=1S/C8H16O5/c1-5(10)8(3,13)6(11)7(2,12)4-9/h4-6,10-13H,1-3H3/t5-,6-,7+,8+/m0/s1/i2D,3D. The van der Waals surface area contributed by atoms with Crippen molar-refractivity contribution in [2.24, 2.45) is 0 Å². The van der Waals surface area contributed by atoms with Crippen molar-refractivity contribution in [1.29, 1.82) is 0 Å². The van der Waals surface area contributed by atoms with Crippen molar-refractivity contribution in [1.82, 2.24) is 0 Å². The molecule has 0 unspecified atom stereocenters. The van der Waals surface area contributed by atoms with Crippen LogP contribution in [0.5, 0.6) is 0 Å². The van der Waals surface area contributed by atoms with Crippen molar-refractivity contribution < 1.29 is 28.0 Å². The molecule has 0 heterocycles. The summed E-state index contributed by atoms with van der Waals surface area (Å²) in [6, 6.07) is 0. The van der Waals surface area contributed by atoms with Gasteiger partial charge in [-0.1, -0.05) is 0 Å². The highest BCUT2D eigenvalue weighted by Gasteiger charge is 2.46. The van der Waals surface area contributed by atoms with Crippen LogP contribution in [-0.4, -0.2) is 50.1 Å². The Morgan fingerprint density at radius 1 is 1.38 bits per heavy atom. The molecule has 5 nitrogen and oxygen atoms in total. The number of hydrogen-bond acceptors (Lipinski definition) is 5. The van der Waals surface area contributed by atoms with Crippen molar-refractivity contribution in [3.63, 3.8) is 0 Å². The first-order valence-corrected chi connectivity index (χ1v) is 3.64. The van der Waals surface area contributed by atoms with Gasteiger partial charge in [0.15, 0.2) is 6.29 Å². The second kappa shape index (κ2) is 3.71. The summed E-state index contributed by atoms with van der Waals surface area (Å²) < 4.78 is 13.9. The van der Waals surface area contributed by atoms with Gasteiger partial charge in [0.25, 0.3) is 0 Å². The van der Waals surface area contributed by atoms with Crippen LogP contribution in [0.4, 0.5) is 0 Å². The molecule has 0 bridgehead atoms. The number of aliphatic hydroxyl groups excluding tert-OH is 2. The van der Waals surface area contributed by atoms with Crippen LogP contribution in [0, 0.1) is 0 Å². The number of aldehydes is 1. The van der Waals surface area contributed by atoms with Crippen LogP contribution in [0.3, 0.4) is 0 Å². The van der Waals surface area contributed by atoms with Crippen LogP contribution in [0.25, 0.3) is 0 Å². The lowest BCUT2D eigenvalue weighted by Crippen LogP contribution is -2.59. The number of carbonyl (C=O) groups is 1. The number of carbonyl (C=O) groups excluding carboxylic acids is 1. The molecule has 0 aliphatic carbocycles. The van der Waals surface area contributed by atoms with E-state index in [1.807, 2.05) is 0 Å². The van der Waals surface area contributed by atoms with Crippen molar-refractivity contribution in [3.8, 4) is 0 Å². The molecule has 4 N–H and O–H groups in total. The highest BCUT2D eigenvalue weighted by atomic mass is 16.4. The third kappa shape index (κ3) is 2.47. The highest BCUT2D eigenvalue weighted by molar-refractivity contribution is 5.62. The van der Waals surface area contributed by atoms with Gasteiger partial charge in [0.1, 0.15) is 17.3 Å². The van der Waals surface area contributed by atoms with E-state index in [0.29, 0.717) is 0 Å². The van der Waals surface area contributed by atoms with Crippen LogP contribution < -0.4 is 0 Å². The van der Waals surface area contributed by atoms with Crippen LogP contribution in [-0.2, 0) is 4.79 Å². The van der Waals surface area contributed by atoms with Crippen LogP contribution in [0.15, 0.2) is 0 Å². The Hall–Kier alpha value is -0.490. The van der Waals surface area contributed by atoms with Gasteiger partial charge in [-0.2, -0.15) is 0 Å². The quantitative estimate of drug-likeness (QED) is 0.405. The molecule has 0 saturated carbocycles. The third-order valence-electron chi connectivity index (χ3n) is 1.87. The van der Waals surface area contributed by atoms with Gasteiger partial charge in [-0.3, -0.25) is 0 Å². The normalized spacial score (nSPS) is 27.5. The second-order valence-corrected chi connectivity index (χ2v) is 3.18. The van der Waals surface area contributed by atoms with E-state index in [1.54, 1.807) is 0 Å². The van der Waals surface area contributed by atoms with E-state index in [9.17, 15) is 25.2 Å². The molecular weight excluding hydrogens is 176 g/mol. The van der Waals surface area contributed by atoms with Gasteiger partial charge < -0.3 is 25.2 Å². The van der Waals surface area contributed by atoms with Crippen molar-refractivity contribution in [2.45, 2.75) is 44.1 Å². The molecule has 0 aromatic carbocycles. The largest absolute Gasteiger partial charge is 0.390 e. The van der Waals surface area contributed by atoms with E-state index >= 15 is 0 Å². The molecule has 0 amide bonds. The van der Waals surface area contributed by atoms with Crippen molar-refractivity contribution in [2.75, 3.05) is 0 Å². The third-order valence-corrected chi connectivity index (χ3v) is 1.87. The molecule has 0 radical (unpaired) electrons. The minimum atomic E-state index is -2.48. The fourth-order valence-corrected chi connectivity index (χ4v) is 0.726. The van der Waals surface area contributed by atoms with Gasteiger partial charge in [-0.25, -0.2) is 0 Å². The smallest absolute Gasteiger partial charge is 0.154 e. The molecule has 0 aliphatic rings. The lowest BCUT2D eigenvalue weighted by Gasteiger charge is -2.37. The zero-order valence-electron chi connectivity index (χ0n) is 9.34. The van der Waals surface area contributed by atoms with E-state index in [2.05, 4.69) is 0 Å². The molecule has 0 rings (SSSR count). The summed E-state index contributed by atoms with van der Waals surface area (Å²) >= 11 is 0. The lowest BCUT2D eigenvalue weighted by molar-refractivity contribution is -0.189. The fourth-order valence-electron chi connectivity index (χ4n) is 0.726. The number of hydrogen-bond donors (Lipinski definition) is 4. The highest BCUT2D eigenvalue weighted by Crippen LogP contribution is 2.22. The van der Waals surface area contributed by atoms with Crippen molar-refractivity contribution >= 4 is 6.29 Å². The van der Waals surface area contributed by atoms with E-state index in [-0.39, 0.29) is 6.29 Å². The van der Waals surface area contributed by atoms with Crippen LogP contribution in [0.1, 0.15) is 23.5 Å². The van der Waals surface area contributed by atoms with Gasteiger partial charge in [0.2, 0.25) is 0 Å². The van der Waals surface area contributed by atoms with Crippen molar-refractivity contribution in [3.05, 3.63) is 0 Å². The summed E-state index contributed by atoms with van der Waals surface area (Å²) in [5.41, 5.74) is -4.82. The Bertz CT molecular complexity index is 225. The zero-order valence-corrected chi connectivity index (χ0v) is 7.34. The summed E-state index contributed by atoms with van der Waals surface area (Å²) in [6.45, 7) is -0.554. The first kappa shape index (κ1) is 9.08. The van der Waals surface area contributed by atoms with Gasteiger partial charge in [-0.05, 0) is 20.7 Å². The van der Waals surface area contributed by atoms with Gasteiger partial charge in [-0.15, -0.1) is 0 Å². The predicted octanol–water partition coefficient (Wildman–Crippen LogP) is -1.57. The maximum absolute atomic E-state index is 10.5. The molecule has 0 spiro atoms. The monoisotopic (exact) mass is 194 g/mol. The molecule has 0 saturated heterocycles. The van der Waals surface area contributed by atoms with E-state index in [0.717, 1.165) is 6.92 Å². The van der Waals surface area contributed by atoms with Gasteiger partial charge >= 0.3 is 0 Å². The Morgan fingerprint density at radius 3 is 2.15 bits per heavy atom. The topological polar surface area (TPSA) is 98.0 Å². The number of rotatable bonds is 4. The second-order valence-electron chi connectivity index (χ2n) is 3.18. The lowest BCUT2D eigenvalue weighted by atomic mass is 9.83. The molecule has 0 aliphatic heterocycles. The van der Waals surface area contributed by atoms with Crippen LogP contribution in [0.2, 0.25) is 0 Å². The van der Waals surface area contributed by atoms with E-state index < -0.39 is 37.2 Å². The Balaban J connectivity index is 5.10. The van der Waals surface area contributed by atoms with E-state index in [1.165, 1.54) is 0 Å². The average molecular weight is 194 g/mol. The fraction of sp³-hybridized carbons (Fsp3) is 0.875. The van der Waals surface area contributed by atoms with E-state index in [4.69, 9.17) is 2.74 Å². The molecule has 0 aromatic rings. The SMILES string of the molecule is [2H]C[C@@](O)([C@H](C)O)[C@@H](O)[C@](O)(C=O)C[2H]. The minimum absolute atomic E-state index is 0.0757. The first-order valence-electron chi connectivity index (χ1n) is 5.05. The Kier molecular flexibility index (Phi) is 2.59. The molecule has 0 aromatic heterocycles. The van der Waals surface area contributed by atoms with Gasteiger partial charge in [0.05, 0.1) is 6.10 Å². The van der Waals surface area contributed by atoms with Crippen LogP contribution >= 0.6 is 0 Å². The summed E-state index contributed by atoms with van der Waals surface area (Å²) in [6.07, 6.45) is -3.67. The zero-order chi connectivity index (χ0) is 12.3. The molecule has 0 fully saturated rings. The number of aliphatic hydroxyl groups is 4. The minimum Gasteiger partial charge on any atom is -0.390 e. The Morgan fingerprint density at radius 2 is 1.92 bits per heavy atom. The average Bonchev–Trinajstić information content (AvgIpc) is 2.25. The molecule has 13 heavy (non-hydrogen) atoms. The molecule has 4 atom stereocenters. The summed E-state index contributed by atoms with van der Waals surface area (Å²) in [5.74, 6) is 0. The summed E-state index contributed by atoms with van der Waals surface area (Å²) in [4.78, 5) is 10.5. The van der Waals surface area contributed by atoms with Gasteiger partial charge in [0, 0.05) is 2.74 Å². The maximum atomic E-state index is 10.5. The summed E-state index contributed by atoms with van der Waals surface area (Å²) in [5, 5.41) is 37.8. The molecule has 5 heteroatoms. The first-order chi connectivity index (χ1) is 6.78. The maximum Gasteiger partial charge on any atom is 0.154 e. The summed E-state index contributed by atoms with van der Waals surface area (Å²) in [7, 11) is 0. The molecule has 78 valence electrons. The Labute approximate surface area is 79.4 Å². The predicted molar refractivity (Wildman–Crippen MR) is 45.0 cm³/mol. The molecular formula is C8H16O5.